The summed E-state index contributed by atoms with van der Waals surface area (Å²) >= 11 is 0. The standard InChI is InChI=1S/C28H39N3O2/c1-5-16-30(27(33)22-9-6-7-10-22)20-25(32)31-19-18-29-17-8-11-24(29)26(31)21-12-14-23(15-13-21)28(2,3)4/h8,11-15,17,22,26H,5-7,9-10,16,18-20H2,1-4H3/t26-/m0/s1. The molecule has 2 amide bonds. The van der Waals surface area contributed by atoms with Gasteiger partial charge in [-0.25, -0.2) is 0 Å². The van der Waals surface area contributed by atoms with E-state index in [9.17, 15) is 9.59 Å². The first-order valence-corrected chi connectivity index (χ1v) is 12.6. The Morgan fingerprint density at radius 1 is 1.03 bits per heavy atom. The molecule has 2 aliphatic rings. The van der Waals surface area contributed by atoms with E-state index in [0.29, 0.717) is 13.1 Å². The van der Waals surface area contributed by atoms with E-state index in [0.717, 1.165) is 49.9 Å². The topological polar surface area (TPSA) is 45.6 Å². The van der Waals surface area contributed by atoms with Gasteiger partial charge < -0.3 is 14.4 Å². The maximum Gasteiger partial charge on any atom is 0.243 e. The van der Waals surface area contributed by atoms with E-state index in [-0.39, 0.29) is 35.7 Å². The summed E-state index contributed by atoms with van der Waals surface area (Å²) in [5.74, 6) is 0.324. The summed E-state index contributed by atoms with van der Waals surface area (Å²) < 4.78 is 2.25. The first-order valence-electron chi connectivity index (χ1n) is 12.6. The van der Waals surface area contributed by atoms with Crippen molar-refractivity contribution in [2.24, 2.45) is 5.92 Å². The normalized spacial score (nSPS) is 18.9. The monoisotopic (exact) mass is 449 g/mol. The molecule has 1 atom stereocenters. The third-order valence-corrected chi connectivity index (χ3v) is 7.29. The number of benzene rings is 1. The zero-order valence-electron chi connectivity index (χ0n) is 20.7. The van der Waals surface area contributed by atoms with Crippen LogP contribution < -0.4 is 0 Å². The fourth-order valence-electron chi connectivity index (χ4n) is 5.39. The highest BCUT2D eigenvalue weighted by Crippen LogP contribution is 2.34. The lowest BCUT2D eigenvalue weighted by atomic mass is 9.86. The molecule has 1 aromatic heterocycles. The van der Waals surface area contributed by atoms with Crippen molar-refractivity contribution < 1.29 is 9.59 Å². The number of hydrogen-bond acceptors (Lipinski definition) is 2. The highest BCUT2D eigenvalue weighted by molar-refractivity contribution is 5.86. The van der Waals surface area contributed by atoms with Crippen LogP contribution in [0.25, 0.3) is 0 Å². The Morgan fingerprint density at radius 2 is 1.73 bits per heavy atom. The van der Waals surface area contributed by atoms with Crippen molar-refractivity contribution in [3.05, 3.63) is 59.4 Å². The van der Waals surface area contributed by atoms with E-state index >= 15 is 0 Å². The summed E-state index contributed by atoms with van der Waals surface area (Å²) in [5, 5.41) is 0. The quantitative estimate of drug-likeness (QED) is 0.613. The van der Waals surface area contributed by atoms with Crippen LogP contribution in [-0.4, -0.2) is 45.8 Å². The molecule has 0 radical (unpaired) electrons. The van der Waals surface area contributed by atoms with Crippen LogP contribution in [0.15, 0.2) is 42.6 Å². The van der Waals surface area contributed by atoms with E-state index in [1.165, 1.54) is 5.56 Å². The van der Waals surface area contributed by atoms with Crippen molar-refractivity contribution in [3.63, 3.8) is 0 Å². The minimum absolute atomic E-state index is 0.0483. The van der Waals surface area contributed by atoms with Crippen molar-refractivity contribution in [1.82, 2.24) is 14.4 Å². The predicted octanol–water partition coefficient (Wildman–Crippen LogP) is 5.15. The summed E-state index contributed by atoms with van der Waals surface area (Å²) in [4.78, 5) is 30.6. The maximum atomic E-state index is 13.7. The molecule has 1 fully saturated rings. The molecule has 1 saturated carbocycles. The Bertz CT molecular complexity index is 964. The first-order chi connectivity index (χ1) is 15.8. The molecule has 0 spiro atoms. The zero-order valence-corrected chi connectivity index (χ0v) is 20.7. The van der Waals surface area contributed by atoms with Crippen LogP contribution in [0.2, 0.25) is 0 Å². The molecule has 5 nitrogen and oxygen atoms in total. The number of carbonyl (C=O) groups is 2. The van der Waals surface area contributed by atoms with Crippen molar-refractivity contribution >= 4 is 11.8 Å². The Hall–Kier alpha value is -2.56. The minimum Gasteiger partial charge on any atom is -0.348 e. The van der Waals surface area contributed by atoms with Crippen LogP contribution in [0.5, 0.6) is 0 Å². The van der Waals surface area contributed by atoms with Gasteiger partial charge in [-0.1, -0.05) is 64.8 Å². The molecule has 33 heavy (non-hydrogen) atoms. The highest BCUT2D eigenvalue weighted by Gasteiger charge is 2.35. The van der Waals surface area contributed by atoms with Gasteiger partial charge in [0.15, 0.2) is 0 Å². The Labute approximate surface area is 198 Å². The third-order valence-electron chi connectivity index (χ3n) is 7.29. The van der Waals surface area contributed by atoms with Crippen LogP contribution in [0, 0.1) is 5.92 Å². The first kappa shape index (κ1) is 23.6. The molecule has 4 rings (SSSR count). The zero-order chi connectivity index (χ0) is 23.6. The molecule has 0 saturated heterocycles. The second kappa shape index (κ2) is 9.74. The second-order valence-corrected chi connectivity index (χ2v) is 10.7. The van der Waals surface area contributed by atoms with E-state index in [4.69, 9.17) is 0 Å². The number of amides is 2. The van der Waals surface area contributed by atoms with E-state index < -0.39 is 0 Å². The number of rotatable bonds is 6. The number of carbonyl (C=O) groups excluding carboxylic acids is 2. The minimum atomic E-state index is -0.125. The van der Waals surface area contributed by atoms with Gasteiger partial charge in [0.05, 0.1) is 12.6 Å². The van der Waals surface area contributed by atoms with Crippen molar-refractivity contribution in [2.75, 3.05) is 19.6 Å². The molecule has 178 valence electrons. The number of aromatic nitrogens is 1. The van der Waals surface area contributed by atoms with Crippen LogP contribution in [0.3, 0.4) is 0 Å². The van der Waals surface area contributed by atoms with Gasteiger partial charge in [-0.2, -0.15) is 0 Å². The molecule has 1 aromatic carbocycles. The second-order valence-electron chi connectivity index (χ2n) is 10.7. The van der Waals surface area contributed by atoms with Gasteiger partial charge in [-0.3, -0.25) is 9.59 Å². The lowest BCUT2D eigenvalue weighted by molar-refractivity contribution is -0.144. The van der Waals surface area contributed by atoms with Crippen LogP contribution in [0.4, 0.5) is 0 Å². The van der Waals surface area contributed by atoms with Crippen molar-refractivity contribution in [1.29, 1.82) is 0 Å². The summed E-state index contributed by atoms with van der Waals surface area (Å²) in [6, 6.07) is 12.8. The fourth-order valence-corrected chi connectivity index (χ4v) is 5.39. The summed E-state index contributed by atoms with van der Waals surface area (Å²) in [6.07, 6.45) is 7.15. The lowest BCUT2D eigenvalue weighted by Crippen LogP contribution is -2.49. The summed E-state index contributed by atoms with van der Waals surface area (Å²) in [5.41, 5.74) is 3.64. The van der Waals surface area contributed by atoms with Gasteiger partial charge in [0.2, 0.25) is 11.8 Å². The van der Waals surface area contributed by atoms with E-state index in [1.807, 2.05) is 9.80 Å². The van der Waals surface area contributed by atoms with Gasteiger partial charge in [0.25, 0.3) is 0 Å². The summed E-state index contributed by atoms with van der Waals surface area (Å²) in [6.45, 7) is 11.0. The molecule has 5 heteroatoms. The molecular weight excluding hydrogens is 410 g/mol. The van der Waals surface area contributed by atoms with Crippen molar-refractivity contribution in [2.45, 2.75) is 77.8 Å². The lowest BCUT2D eigenvalue weighted by Gasteiger charge is -2.39. The predicted molar refractivity (Wildman–Crippen MR) is 132 cm³/mol. The SMILES string of the molecule is CCCN(CC(=O)N1CCn2cccc2[C@@H]1c1ccc(C(C)(C)C)cc1)C(=O)C1CCCC1. The molecule has 0 N–H and O–H groups in total. The third kappa shape index (κ3) is 5.02. The van der Waals surface area contributed by atoms with Crippen molar-refractivity contribution in [3.8, 4) is 0 Å². The largest absolute Gasteiger partial charge is 0.348 e. The Balaban J connectivity index is 1.59. The van der Waals surface area contributed by atoms with Gasteiger partial charge in [0, 0.05) is 37.4 Å². The average molecular weight is 450 g/mol. The average Bonchev–Trinajstić information content (AvgIpc) is 3.49. The van der Waals surface area contributed by atoms with Crippen LogP contribution in [-0.2, 0) is 21.5 Å². The Morgan fingerprint density at radius 3 is 2.36 bits per heavy atom. The molecule has 1 aliphatic carbocycles. The molecule has 2 heterocycles. The van der Waals surface area contributed by atoms with E-state index in [2.05, 4.69) is 74.9 Å². The van der Waals surface area contributed by atoms with Gasteiger partial charge in [0.1, 0.15) is 0 Å². The highest BCUT2D eigenvalue weighted by atomic mass is 16.2. The van der Waals surface area contributed by atoms with Gasteiger partial charge >= 0.3 is 0 Å². The maximum absolute atomic E-state index is 13.7. The van der Waals surface area contributed by atoms with Gasteiger partial charge in [-0.15, -0.1) is 0 Å². The fraction of sp³-hybridized carbons (Fsp3) is 0.571. The van der Waals surface area contributed by atoms with Crippen LogP contribution >= 0.6 is 0 Å². The number of fused-ring (bicyclic) bond motifs is 1. The molecular formula is C28H39N3O2. The molecule has 1 aliphatic heterocycles. The molecule has 0 unspecified atom stereocenters. The molecule has 0 bridgehead atoms. The molecule has 2 aromatic rings. The van der Waals surface area contributed by atoms with Crippen LogP contribution in [0.1, 0.15) is 82.7 Å². The van der Waals surface area contributed by atoms with E-state index in [1.54, 1.807) is 0 Å². The summed E-state index contributed by atoms with van der Waals surface area (Å²) in [7, 11) is 0. The van der Waals surface area contributed by atoms with Gasteiger partial charge in [-0.05, 0) is 47.9 Å². The Kier molecular flexibility index (Phi) is 6.96. The number of hydrogen-bond donors (Lipinski definition) is 0. The smallest absolute Gasteiger partial charge is 0.243 e. The number of nitrogens with zero attached hydrogens (tertiary/aromatic N) is 3.